The van der Waals surface area contributed by atoms with Crippen molar-refractivity contribution in [3.05, 3.63) is 17.8 Å². The van der Waals surface area contributed by atoms with E-state index >= 15 is 0 Å². The molecule has 0 spiro atoms. The second kappa shape index (κ2) is 8.19. The molecular formula is C14H26N4OS. The molecule has 0 unspecified atom stereocenters. The maximum absolute atomic E-state index is 5.73. The zero-order chi connectivity index (χ0) is 15.0. The van der Waals surface area contributed by atoms with E-state index in [1.165, 1.54) is 0 Å². The molecule has 114 valence electrons. The summed E-state index contributed by atoms with van der Waals surface area (Å²) < 4.78 is 5.73. The van der Waals surface area contributed by atoms with Gasteiger partial charge in [0.15, 0.2) is 5.96 Å². The van der Waals surface area contributed by atoms with E-state index in [1.54, 1.807) is 13.2 Å². The van der Waals surface area contributed by atoms with Crippen LogP contribution in [0.15, 0.2) is 15.6 Å². The number of oxazole rings is 1. The second-order valence-corrected chi connectivity index (χ2v) is 6.55. The highest BCUT2D eigenvalue weighted by atomic mass is 32.2. The van der Waals surface area contributed by atoms with Crippen molar-refractivity contribution in [2.75, 3.05) is 25.6 Å². The Morgan fingerprint density at radius 3 is 2.70 bits per heavy atom. The highest BCUT2D eigenvalue weighted by Crippen LogP contribution is 2.22. The third kappa shape index (κ3) is 5.86. The molecule has 1 aromatic heterocycles. The van der Waals surface area contributed by atoms with Crippen LogP contribution in [0.25, 0.3) is 0 Å². The molecule has 0 aliphatic heterocycles. The summed E-state index contributed by atoms with van der Waals surface area (Å²) in [6, 6.07) is 0. The van der Waals surface area contributed by atoms with Gasteiger partial charge in [0.05, 0.1) is 12.7 Å². The van der Waals surface area contributed by atoms with Gasteiger partial charge in [0.1, 0.15) is 5.76 Å². The number of hydrogen-bond acceptors (Lipinski definition) is 4. The zero-order valence-corrected chi connectivity index (χ0v) is 13.9. The van der Waals surface area contributed by atoms with Gasteiger partial charge in [-0.15, -0.1) is 0 Å². The molecule has 2 N–H and O–H groups in total. The number of aromatic nitrogens is 1. The van der Waals surface area contributed by atoms with Crippen LogP contribution in [0.1, 0.15) is 38.8 Å². The molecule has 1 rings (SSSR count). The van der Waals surface area contributed by atoms with Crippen LogP contribution in [0.4, 0.5) is 0 Å². The lowest BCUT2D eigenvalue weighted by Gasteiger charge is -2.13. The number of nitrogens with one attached hydrogen (secondary N) is 2. The molecule has 1 heterocycles. The van der Waals surface area contributed by atoms with Crippen LogP contribution in [0, 0.1) is 0 Å². The molecule has 6 heteroatoms. The van der Waals surface area contributed by atoms with Gasteiger partial charge in [-0.1, -0.05) is 20.8 Å². The first-order valence-corrected chi connectivity index (χ1v) is 8.25. The fourth-order valence-corrected chi connectivity index (χ4v) is 1.97. The number of hydrogen-bond donors (Lipinski definition) is 2. The maximum atomic E-state index is 5.73. The first kappa shape index (κ1) is 16.9. The Balaban J connectivity index is 2.39. The SMILES string of the molecule is CN=C(NCCCSC)NCc1ncc(C(C)(C)C)o1. The molecule has 0 fully saturated rings. The summed E-state index contributed by atoms with van der Waals surface area (Å²) in [6.07, 6.45) is 5.03. The molecule has 0 saturated heterocycles. The minimum atomic E-state index is -0.0109. The molecule has 0 bridgehead atoms. The van der Waals surface area contributed by atoms with Gasteiger partial charge < -0.3 is 15.1 Å². The molecular weight excluding hydrogens is 272 g/mol. The van der Waals surface area contributed by atoms with Crippen molar-refractivity contribution in [1.29, 1.82) is 0 Å². The van der Waals surface area contributed by atoms with Crippen LogP contribution in [-0.2, 0) is 12.0 Å². The number of nitrogens with zero attached hydrogens (tertiary/aromatic N) is 2. The Morgan fingerprint density at radius 2 is 2.15 bits per heavy atom. The predicted octanol–water partition coefficient (Wildman–Crippen LogP) is 2.39. The van der Waals surface area contributed by atoms with Gasteiger partial charge in [0, 0.05) is 19.0 Å². The first-order chi connectivity index (χ1) is 9.47. The highest BCUT2D eigenvalue weighted by Gasteiger charge is 2.19. The minimum Gasteiger partial charge on any atom is -0.443 e. The monoisotopic (exact) mass is 298 g/mol. The average molecular weight is 298 g/mol. The number of aliphatic imine (C=N–C) groups is 1. The van der Waals surface area contributed by atoms with Crippen LogP contribution in [-0.4, -0.2) is 36.5 Å². The summed E-state index contributed by atoms with van der Waals surface area (Å²) >= 11 is 1.85. The van der Waals surface area contributed by atoms with Gasteiger partial charge in [-0.25, -0.2) is 4.98 Å². The Labute approximate surface area is 126 Å². The lowest BCUT2D eigenvalue weighted by atomic mass is 9.94. The Hall–Kier alpha value is -1.17. The molecule has 0 atom stereocenters. The fraction of sp³-hybridized carbons (Fsp3) is 0.714. The van der Waals surface area contributed by atoms with Crippen LogP contribution in [0.3, 0.4) is 0 Å². The summed E-state index contributed by atoms with van der Waals surface area (Å²) in [7, 11) is 1.76. The summed E-state index contributed by atoms with van der Waals surface area (Å²) in [6.45, 7) is 7.78. The topological polar surface area (TPSA) is 62.5 Å². The summed E-state index contributed by atoms with van der Waals surface area (Å²) in [5, 5.41) is 6.47. The second-order valence-electron chi connectivity index (χ2n) is 5.57. The summed E-state index contributed by atoms with van der Waals surface area (Å²) in [5.74, 6) is 3.51. The minimum absolute atomic E-state index is 0.0109. The van der Waals surface area contributed by atoms with Crippen molar-refractivity contribution in [3.8, 4) is 0 Å². The lowest BCUT2D eigenvalue weighted by Crippen LogP contribution is -2.37. The van der Waals surface area contributed by atoms with Crippen molar-refractivity contribution >= 4 is 17.7 Å². The van der Waals surface area contributed by atoms with E-state index in [0.717, 1.165) is 30.4 Å². The van der Waals surface area contributed by atoms with Gasteiger partial charge in [-0.05, 0) is 18.4 Å². The van der Waals surface area contributed by atoms with Crippen LogP contribution >= 0.6 is 11.8 Å². The highest BCUT2D eigenvalue weighted by molar-refractivity contribution is 7.98. The van der Waals surface area contributed by atoms with Crippen molar-refractivity contribution in [1.82, 2.24) is 15.6 Å². The Kier molecular flexibility index (Phi) is 6.91. The maximum Gasteiger partial charge on any atom is 0.213 e. The van der Waals surface area contributed by atoms with Crippen molar-refractivity contribution < 1.29 is 4.42 Å². The van der Waals surface area contributed by atoms with Gasteiger partial charge in [-0.3, -0.25) is 4.99 Å². The quantitative estimate of drug-likeness (QED) is 0.480. The molecule has 1 aromatic rings. The van der Waals surface area contributed by atoms with Crippen molar-refractivity contribution in [2.24, 2.45) is 4.99 Å². The van der Waals surface area contributed by atoms with E-state index in [2.05, 4.69) is 47.6 Å². The normalized spacial score (nSPS) is 12.6. The number of thioether (sulfide) groups is 1. The van der Waals surface area contributed by atoms with E-state index in [1.807, 2.05) is 11.8 Å². The third-order valence-corrected chi connectivity index (χ3v) is 3.44. The average Bonchev–Trinajstić information content (AvgIpc) is 2.87. The zero-order valence-electron chi connectivity index (χ0n) is 13.1. The largest absolute Gasteiger partial charge is 0.443 e. The molecule has 0 radical (unpaired) electrons. The molecule has 0 saturated carbocycles. The van der Waals surface area contributed by atoms with E-state index in [9.17, 15) is 0 Å². The van der Waals surface area contributed by atoms with Crippen molar-refractivity contribution in [2.45, 2.75) is 39.2 Å². The molecule has 0 aromatic carbocycles. The van der Waals surface area contributed by atoms with Crippen molar-refractivity contribution in [3.63, 3.8) is 0 Å². The number of guanidine groups is 1. The van der Waals surface area contributed by atoms with E-state index in [4.69, 9.17) is 4.42 Å². The van der Waals surface area contributed by atoms with E-state index in [-0.39, 0.29) is 5.41 Å². The molecule has 0 aliphatic carbocycles. The van der Waals surface area contributed by atoms with Gasteiger partial charge in [0.2, 0.25) is 5.89 Å². The smallest absolute Gasteiger partial charge is 0.213 e. The molecule has 5 nitrogen and oxygen atoms in total. The van der Waals surface area contributed by atoms with Gasteiger partial charge in [-0.2, -0.15) is 11.8 Å². The molecule has 0 amide bonds. The fourth-order valence-electron chi connectivity index (χ4n) is 1.54. The summed E-state index contributed by atoms with van der Waals surface area (Å²) in [5.41, 5.74) is -0.0109. The first-order valence-electron chi connectivity index (χ1n) is 6.86. The van der Waals surface area contributed by atoms with E-state index in [0.29, 0.717) is 12.4 Å². The van der Waals surface area contributed by atoms with Gasteiger partial charge >= 0.3 is 0 Å². The molecule has 0 aliphatic rings. The summed E-state index contributed by atoms with van der Waals surface area (Å²) in [4.78, 5) is 8.46. The van der Waals surface area contributed by atoms with Gasteiger partial charge in [0.25, 0.3) is 0 Å². The number of rotatable bonds is 6. The Morgan fingerprint density at radius 1 is 1.40 bits per heavy atom. The Bertz CT molecular complexity index is 423. The van der Waals surface area contributed by atoms with E-state index < -0.39 is 0 Å². The lowest BCUT2D eigenvalue weighted by molar-refractivity contribution is 0.379. The standard InChI is InChI=1S/C14H26N4OS/c1-14(2,3)11-9-17-12(19-11)10-18-13(15-4)16-7-6-8-20-5/h9H,6-8,10H2,1-5H3,(H2,15,16,18). The molecule has 20 heavy (non-hydrogen) atoms. The van der Waals surface area contributed by atoms with Crippen LogP contribution < -0.4 is 10.6 Å². The predicted molar refractivity (Wildman–Crippen MR) is 86.4 cm³/mol. The van der Waals surface area contributed by atoms with Crippen LogP contribution in [0.5, 0.6) is 0 Å². The third-order valence-electron chi connectivity index (χ3n) is 2.74. The van der Waals surface area contributed by atoms with Crippen LogP contribution in [0.2, 0.25) is 0 Å².